The number of hydrogen-bond acceptors (Lipinski definition) is 4. The van der Waals surface area contributed by atoms with Gasteiger partial charge in [0.2, 0.25) is 10.0 Å². The minimum Gasteiger partial charge on any atom is -0.355 e. The molecule has 0 saturated carbocycles. The molecular weight excluding hydrogens is 411 g/mol. The van der Waals surface area contributed by atoms with E-state index < -0.39 is 15.8 Å². The topological polar surface area (TPSA) is 98.8 Å². The molecule has 3 amide bonds. The Morgan fingerprint density at radius 1 is 0.967 bits per heavy atom. The van der Waals surface area contributed by atoms with E-state index in [2.05, 4.69) is 10.6 Å². The molecule has 1 heterocycles. The minimum atomic E-state index is -3.72. The number of nitrogens with zero attached hydrogens (tertiary/aromatic N) is 2. The quantitative estimate of drug-likeness (QED) is 0.743. The van der Waals surface area contributed by atoms with Gasteiger partial charge in [-0.2, -0.15) is 4.31 Å². The van der Waals surface area contributed by atoms with Crippen LogP contribution < -0.4 is 10.6 Å². The van der Waals surface area contributed by atoms with Gasteiger partial charge in [-0.1, -0.05) is 12.1 Å². The number of hydrogen-bond donors (Lipinski definition) is 2. The summed E-state index contributed by atoms with van der Waals surface area (Å²) in [5, 5.41) is 5.34. The van der Waals surface area contributed by atoms with Gasteiger partial charge in [0.1, 0.15) is 5.82 Å². The summed E-state index contributed by atoms with van der Waals surface area (Å²) in [5.41, 5.74) is 1.37. The van der Waals surface area contributed by atoms with Gasteiger partial charge in [-0.25, -0.2) is 17.6 Å². The summed E-state index contributed by atoms with van der Waals surface area (Å²) in [4.78, 5) is 25.5. The molecule has 0 unspecified atom stereocenters. The van der Waals surface area contributed by atoms with Crippen molar-refractivity contribution in [2.45, 2.75) is 11.4 Å². The second-order valence-corrected chi connectivity index (χ2v) is 8.72. The molecule has 3 rings (SSSR count). The molecule has 1 fully saturated rings. The average Bonchev–Trinajstić information content (AvgIpc) is 2.77. The molecule has 1 aliphatic rings. The monoisotopic (exact) mass is 434 g/mol. The first kappa shape index (κ1) is 21.7. The zero-order valence-electron chi connectivity index (χ0n) is 16.5. The van der Waals surface area contributed by atoms with Crippen molar-refractivity contribution >= 4 is 22.0 Å². The van der Waals surface area contributed by atoms with Crippen LogP contribution in [-0.2, 0) is 16.6 Å². The fourth-order valence-corrected chi connectivity index (χ4v) is 4.52. The van der Waals surface area contributed by atoms with Crippen LogP contribution in [0, 0.1) is 5.82 Å². The van der Waals surface area contributed by atoms with E-state index in [9.17, 15) is 22.4 Å². The number of halogens is 1. The number of piperazine rings is 1. The maximum Gasteiger partial charge on any atom is 0.317 e. The predicted molar refractivity (Wildman–Crippen MR) is 109 cm³/mol. The van der Waals surface area contributed by atoms with E-state index in [0.717, 1.165) is 17.7 Å². The lowest BCUT2D eigenvalue weighted by Crippen LogP contribution is -2.52. The Morgan fingerprint density at radius 3 is 2.13 bits per heavy atom. The number of carbonyl (C=O) groups excluding carboxylic acids is 2. The van der Waals surface area contributed by atoms with Gasteiger partial charge in [-0.15, -0.1) is 0 Å². The van der Waals surface area contributed by atoms with Crippen LogP contribution in [0.2, 0.25) is 0 Å². The molecule has 8 nitrogen and oxygen atoms in total. The number of sulfonamides is 1. The Kier molecular flexibility index (Phi) is 6.68. The van der Waals surface area contributed by atoms with E-state index in [4.69, 9.17) is 0 Å². The van der Waals surface area contributed by atoms with E-state index in [-0.39, 0.29) is 43.0 Å². The van der Waals surface area contributed by atoms with Gasteiger partial charge in [0.15, 0.2) is 0 Å². The summed E-state index contributed by atoms with van der Waals surface area (Å²) >= 11 is 0. The van der Waals surface area contributed by atoms with Crippen molar-refractivity contribution in [2.75, 3.05) is 33.2 Å². The molecule has 30 heavy (non-hydrogen) atoms. The van der Waals surface area contributed by atoms with Gasteiger partial charge < -0.3 is 15.5 Å². The fraction of sp³-hybridized carbons (Fsp3) is 0.300. The molecule has 2 N–H and O–H groups in total. The second kappa shape index (κ2) is 9.23. The third-order valence-electron chi connectivity index (χ3n) is 4.86. The van der Waals surface area contributed by atoms with Crippen LogP contribution in [0.3, 0.4) is 0 Å². The smallest absolute Gasteiger partial charge is 0.317 e. The van der Waals surface area contributed by atoms with Gasteiger partial charge in [0.25, 0.3) is 5.91 Å². The van der Waals surface area contributed by atoms with E-state index >= 15 is 0 Å². The zero-order valence-corrected chi connectivity index (χ0v) is 17.3. The molecule has 2 aromatic carbocycles. The van der Waals surface area contributed by atoms with Crippen molar-refractivity contribution in [3.05, 3.63) is 65.5 Å². The summed E-state index contributed by atoms with van der Waals surface area (Å²) in [7, 11) is -2.16. The lowest BCUT2D eigenvalue weighted by molar-refractivity contribution is 0.0963. The summed E-state index contributed by atoms with van der Waals surface area (Å²) in [6, 6.07) is 11.3. The molecule has 0 spiro atoms. The van der Waals surface area contributed by atoms with E-state index in [0.29, 0.717) is 12.1 Å². The third kappa shape index (κ3) is 4.95. The van der Waals surface area contributed by atoms with Crippen LogP contribution in [0.5, 0.6) is 0 Å². The van der Waals surface area contributed by atoms with Crippen LogP contribution >= 0.6 is 0 Å². The van der Waals surface area contributed by atoms with Gasteiger partial charge in [0.05, 0.1) is 4.90 Å². The van der Waals surface area contributed by atoms with Crippen LogP contribution in [0.25, 0.3) is 0 Å². The van der Waals surface area contributed by atoms with Crippen molar-refractivity contribution in [1.29, 1.82) is 0 Å². The van der Waals surface area contributed by atoms with Crippen LogP contribution in [0.1, 0.15) is 15.9 Å². The van der Waals surface area contributed by atoms with Crippen LogP contribution in [-0.4, -0.2) is 62.8 Å². The normalized spacial score (nSPS) is 14.9. The van der Waals surface area contributed by atoms with E-state index in [1.54, 1.807) is 36.2 Å². The third-order valence-corrected chi connectivity index (χ3v) is 6.78. The lowest BCUT2D eigenvalue weighted by atomic mass is 10.1. The van der Waals surface area contributed by atoms with Crippen LogP contribution in [0.15, 0.2) is 53.4 Å². The predicted octanol–water partition coefficient (Wildman–Crippen LogP) is 1.40. The molecule has 0 bridgehead atoms. The highest BCUT2D eigenvalue weighted by atomic mass is 32.2. The van der Waals surface area contributed by atoms with Gasteiger partial charge >= 0.3 is 6.03 Å². The number of nitrogens with one attached hydrogen (secondary N) is 2. The van der Waals surface area contributed by atoms with Crippen molar-refractivity contribution in [3.63, 3.8) is 0 Å². The SMILES string of the molecule is CNC(=O)c1ccc(CNC(=O)N2CCN(S(=O)(=O)c3ccc(F)cc3)CC2)cc1. The van der Waals surface area contributed by atoms with E-state index in [1.165, 1.54) is 16.4 Å². The van der Waals surface area contributed by atoms with Gasteiger partial charge in [0, 0.05) is 45.3 Å². The summed E-state index contributed by atoms with van der Waals surface area (Å²) < 4.78 is 39.6. The maximum atomic E-state index is 13.0. The molecule has 1 saturated heterocycles. The van der Waals surface area contributed by atoms with Crippen molar-refractivity contribution in [1.82, 2.24) is 19.8 Å². The van der Waals surface area contributed by atoms with Crippen molar-refractivity contribution < 1.29 is 22.4 Å². The highest BCUT2D eigenvalue weighted by Crippen LogP contribution is 2.18. The number of carbonyl (C=O) groups is 2. The standard InChI is InChI=1S/C20H23FN4O4S/c1-22-19(26)16-4-2-15(3-5-16)14-23-20(27)24-10-12-25(13-11-24)30(28,29)18-8-6-17(21)7-9-18/h2-9H,10-14H2,1H3,(H,22,26)(H,23,27). The summed E-state index contributed by atoms with van der Waals surface area (Å²) in [6.45, 7) is 1.12. The molecule has 0 aromatic heterocycles. The molecular formula is C20H23FN4O4S. The molecule has 1 aliphatic heterocycles. The number of rotatable bonds is 5. The maximum absolute atomic E-state index is 13.0. The Balaban J connectivity index is 1.51. The largest absolute Gasteiger partial charge is 0.355 e. The minimum absolute atomic E-state index is 0.0296. The van der Waals surface area contributed by atoms with Crippen molar-refractivity contribution in [3.8, 4) is 0 Å². The fourth-order valence-electron chi connectivity index (χ4n) is 3.09. The Bertz CT molecular complexity index is 1000. The summed E-state index contributed by atoms with van der Waals surface area (Å²) in [6.07, 6.45) is 0. The number of amides is 3. The Morgan fingerprint density at radius 2 is 1.57 bits per heavy atom. The zero-order chi connectivity index (χ0) is 21.7. The molecule has 2 aromatic rings. The molecule has 0 atom stereocenters. The highest BCUT2D eigenvalue weighted by molar-refractivity contribution is 7.89. The molecule has 0 aliphatic carbocycles. The molecule has 0 radical (unpaired) electrons. The summed E-state index contributed by atoms with van der Waals surface area (Å²) in [5.74, 6) is -0.683. The molecule has 160 valence electrons. The Labute approximate surface area is 174 Å². The second-order valence-electron chi connectivity index (χ2n) is 6.78. The molecule has 10 heteroatoms. The highest BCUT2D eigenvalue weighted by Gasteiger charge is 2.30. The van der Waals surface area contributed by atoms with Crippen LogP contribution in [0.4, 0.5) is 9.18 Å². The number of urea groups is 1. The average molecular weight is 434 g/mol. The van der Waals surface area contributed by atoms with Gasteiger partial charge in [-0.3, -0.25) is 4.79 Å². The first-order chi connectivity index (χ1) is 14.3. The first-order valence-corrected chi connectivity index (χ1v) is 10.8. The lowest BCUT2D eigenvalue weighted by Gasteiger charge is -2.34. The Hall–Kier alpha value is -2.98. The van der Waals surface area contributed by atoms with E-state index in [1.807, 2.05) is 0 Å². The van der Waals surface area contributed by atoms with Crippen molar-refractivity contribution in [2.24, 2.45) is 0 Å². The van der Waals surface area contributed by atoms with Gasteiger partial charge in [-0.05, 0) is 42.0 Å². The number of benzene rings is 2. The first-order valence-electron chi connectivity index (χ1n) is 9.41.